The van der Waals surface area contributed by atoms with E-state index in [-0.39, 0.29) is 0 Å². The van der Waals surface area contributed by atoms with Crippen molar-refractivity contribution < 1.29 is 15.0 Å². The van der Waals surface area contributed by atoms with E-state index in [0.29, 0.717) is 6.61 Å². The monoisotopic (exact) mass is 288 g/mol. The molecule has 0 amide bonds. The van der Waals surface area contributed by atoms with Crippen LogP contribution in [0.3, 0.4) is 0 Å². The lowest BCUT2D eigenvalue weighted by Crippen LogP contribution is -1.84. The van der Waals surface area contributed by atoms with Gasteiger partial charge in [-0.1, -0.05) is 84.0 Å². The van der Waals surface area contributed by atoms with Crippen molar-refractivity contribution in [1.82, 2.24) is 0 Å². The van der Waals surface area contributed by atoms with Crippen LogP contribution in [0.1, 0.15) is 97.3 Å². The van der Waals surface area contributed by atoms with Gasteiger partial charge in [-0.15, -0.1) is 0 Å². The van der Waals surface area contributed by atoms with E-state index in [2.05, 4.69) is 6.92 Å². The molecule has 0 aliphatic carbocycles. The van der Waals surface area contributed by atoms with E-state index in [0.717, 1.165) is 13.3 Å². The van der Waals surface area contributed by atoms with Crippen LogP contribution in [0.15, 0.2) is 0 Å². The maximum atomic E-state index is 9.00. The Hall–Kier alpha value is -0.570. The lowest BCUT2D eigenvalue weighted by molar-refractivity contribution is -0.134. The second-order valence-corrected chi connectivity index (χ2v) is 5.49. The van der Waals surface area contributed by atoms with Crippen molar-refractivity contribution in [2.24, 2.45) is 0 Å². The molecule has 0 aromatic carbocycles. The van der Waals surface area contributed by atoms with Crippen molar-refractivity contribution in [1.29, 1.82) is 0 Å². The Kier molecular flexibility index (Phi) is 22.5. The molecule has 0 heterocycles. The van der Waals surface area contributed by atoms with Crippen LogP contribution in [0.5, 0.6) is 0 Å². The summed E-state index contributed by atoms with van der Waals surface area (Å²) < 4.78 is 0. The van der Waals surface area contributed by atoms with Crippen molar-refractivity contribution in [3.05, 3.63) is 0 Å². The highest BCUT2D eigenvalue weighted by Gasteiger charge is 1.92. The lowest BCUT2D eigenvalue weighted by atomic mass is 10.0. The van der Waals surface area contributed by atoms with Gasteiger partial charge in [-0.2, -0.15) is 0 Å². The van der Waals surface area contributed by atoms with E-state index in [1.165, 1.54) is 77.0 Å². The summed E-state index contributed by atoms with van der Waals surface area (Å²) in [6, 6.07) is 0. The van der Waals surface area contributed by atoms with E-state index in [4.69, 9.17) is 15.0 Å². The molecule has 3 heteroatoms. The Morgan fingerprint density at radius 2 is 0.950 bits per heavy atom. The van der Waals surface area contributed by atoms with Gasteiger partial charge in [0.25, 0.3) is 5.97 Å². The quantitative estimate of drug-likeness (QED) is 0.460. The van der Waals surface area contributed by atoms with Gasteiger partial charge in [-0.25, -0.2) is 0 Å². The van der Waals surface area contributed by atoms with Crippen LogP contribution < -0.4 is 0 Å². The first-order chi connectivity index (χ1) is 9.65. The number of unbranched alkanes of at least 4 members (excludes halogenated alkanes) is 12. The van der Waals surface area contributed by atoms with Gasteiger partial charge in [0.15, 0.2) is 0 Å². The molecular formula is C17H36O3. The molecule has 0 aromatic rings. The lowest BCUT2D eigenvalue weighted by Gasteiger charge is -2.02. The van der Waals surface area contributed by atoms with Gasteiger partial charge in [-0.3, -0.25) is 4.79 Å². The molecule has 0 aliphatic rings. The van der Waals surface area contributed by atoms with E-state index in [1.54, 1.807) is 0 Å². The molecule has 0 aliphatic heterocycles. The third-order valence-corrected chi connectivity index (χ3v) is 3.26. The van der Waals surface area contributed by atoms with Crippen molar-refractivity contribution in [3.63, 3.8) is 0 Å². The number of hydrogen-bond acceptors (Lipinski definition) is 2. The summed E-state index contributed by atoms with van der Waals surface area (Å²) in [7, 11) is 0. The molecular weight excluding hydrogens is 252 g/mol. The normalized spacial score (nSPS) is 9.95. The molecule has 2 N–H and O–H groups in total. The molecule has 0 fully saturated rings. The van der Waals surface area contributed by atoms with Gasteiger partial charge in [-0.05, 0) is 6.42 Å². The standard InChI is InChI=1S/C15H32O.C2H4O2/c1-2-3-4-5-6-7-8-9-10-11-12-13-14-15-16;1-2(3)4/h16H,2-15H2,1H3;1H3,(H,3,4). The van der Waals surface area contributed by atoms with Gasteiger partial charge in [0.1, 0.15) is 0 Å². The largest absolute Gasteiger partial charge is 0.481 e. The molecule has 0 atom stereocenters. The average molecular weight is 288 g/mol. The fourth-order valence-corrected chi connectivity index (χ4v) is 2.13. The molecule has 3 nitrogen and oxygen atoms in total. The van der Waals surface area contributed by atoms with Crippen LogP contribution in [0.2, 0.25) is 0 Å². The van der Waals surface area contributed by atoms with Crippen LogP contribution in [0, 0.1) is 0 Å². The first kappa shape index (κ1) is 21.7. The molecule has 20 heavy (non-hydrogen) atoms. The van der Waals surface area contributed by atoms with Crippen molar-refractivity contribution >= 4 is 5.97 Å². The summed E-state index contributed by atoms with van der Waals surface area (Å²) in [4.78, 5) is 9.00. The number of rotatable bonds is 13. The third-order valence-electron chi connectivity index (χ3n) is 3.26. The zero-order valence-corrected chi connectivity index (χ0v) is 13.7. The van der Waals surface area contributed by atoms with Crippen LogP contribution in [-0.4, -0.2) is 22.8 Å². The summed E-state index contributed by atoms with van der Waals surface area (Å²) >= 11 is 0. The minimum atomic E-state index is -0.833. The van der Waals surface area contributed by atoms with Crippen molar-refractivity contribution in [2.45, 2.75) is 97.3 Å². The SMILES string of the molecule is CC(=O)O.CCCCCCCCCCCCCCCO. The van der Waals surface area contributed by atoms with Crippen molar-refractivity contribution in [3.8, 4) is 0 Å². The number of aliphatic carboxylic acids is 1. The van der Waals surface area contributed by atoms with E-state index < -0.39 is 5.97 Å². The summed E-state index contributed by atoms with van der Waals surface area (Å²) in [5.41, 5.74) is 0. The number of carboxylic acids is 1. The highest BCUT2D eigenvalue weighted by molar-refractivity contribution is 5.62. The number of aliphatic hydroxyl groups is 1. The van der Waals surface area contributed by atoms with Crippen LogP contribution in [0.4, 0.5) is 0 Å². The van der Waals surface area contributed by atoms with Crippen LogP contribution in [0.25, 0.3) is 0 Å². The number of carboxylic acid groups (broad SMARTS) is 1. The molecule has 0 saturated carbocycles. The Balaban J connectivity index is 0. The minimum Gasteiger partial charge on any atom is -0.481 e. The Morgan fingerprint density at radius 3 is 1.20 bits per heavy atom. The number of carbonyl (C=O) groups is 1. The second kappa shape index (κ2) is 20.7. The number of aliphatic hydroxyl groups excluding tert-OH is 1. The van der Waals surface area contributed by atoms with Gasteiger partial charge < -0.3 is 10.2 Å². The summed E-state index contributed by atoms with van der Waals surface area (Å²) in [5, 5.41) is 16.0. The molecule has 122 valence electrons. The molecule has 0 radical (unpaired) electrons. The zero-order valence-electron chi connectivity index (χ0n) is 13.7. The molecule has 0 bridgehead atoms. The van der Waals surface area contributed by atoms with Gasteiger partial charge >= 0.3 is 0 Å². The topological polar surface area (TPSA) is 57.5 Å². The van der Waals surface area contributed by atoms with E-state index in [1.807, 2.05) is 0 Å². The Bertz CT molecular complexity index is 163. The molecule has 0 aromatic heterocycles. The van der Waals surface area contributed by atoms with Crippen molar-refractivity contribution in [2.75, 3.05) is 6.61 Å². The molecule has 0 unspecified atom stereocenters. The smallest absolute Gasteiger partial charge is 0.300 e. The first-order valence-corrected chi connectivity index (χ1v) is 8.45. The zero-order chi connectivity index (χ0) is 15.5. The summed E-state index contributed by atoms with van der Waals surface area (Å²) in [6.45, 7) is 3.73. The van der Waals surface area contributed by atoms with E-state index in [9.17, 15) is 0 Å². The molecule has 0 rings (SSSR count). The maximum Gasteiger partial charge on any atom is 0.300 e. The predicted molar refractivity (Wildman–Crippen MR) is 86.1 cm³/mol. The van der Waals surface area contributed by atoms with Crippen LogP contribution in [-0.2, 0) is 4.79 Å². The third kappa shape index (κ3) is 30.5. The Labute approximate surface area is 125 Å². The molecule has 0 saturated heterocycles. The number of hydrogen-bond donors (Lipinski definition) is 2. The Morgan fingerprint density at radius 1 is 0.700 bits per heavy atom. The fourth-order valence-electron chi connectivity index (χ4n) is 2.13. The molecule has 0 spiro atoms. The van der Waals surface area contributed by atoms with Gasteiger partial charge in [0.05, 0.1) is 0 Å². The fraction of sp³-hybridized carbons (Fsp3) is 0.941. The van der Waals surface area contributed by atoms with E-state index >= 15 is 0 Å². The highest BCUT2D eigenvalue weighted by atomic mass is 16.4. The predicted octanol–water partition coefficient (Wildman–Crippen LogP) is 5.16. The summed E-state index contributed by atoms with van der Waals surface area (Å²) in [5.74, 6) is -0.833. The second-order valence-electron chi connectivity index (χ2n) is 5.49. The summed E-state index contributed by atoms with van der Waals surface area (Å²) in [6.07, 6.45) is 17.7. The average Bonchev–Trinajstić information content (AvgIpc) is 2.39. The minimum absolute atomic E-state index is 0.373. The first-order valence-electron chi connectivity index (χ1n) is 8.45. The van der Waals surface area contributed by atoms with Gasteiger partial charge in [0, 0.05) is 13.5 Å². The van der Waals surface area contributed by atoms with Gasteiger partial charge in [0.2, 0.25) is 0 Å². The van der Waals surface area contributed by atoms with Crippen LogP contribution >= 0.6 is 0 Å². The highest BCUT2D eigenvalue weighted by Crippen LogP contribution is 2.12. The maximum absolute atomic E-state index is 9.00.